The van der Waals surface area contributed by atoms with Gasteiger partial charge in [0, 0.05) is 246 Å². The molecule has 0 amide bonds. The molecule has 4 bridgehead atoms. The van der Waals surface area contributed by atoms with Crippen LogP contribution in [0.4, 0.5) is 0 Å². The predicted molar refractivity (Wildman–Crippen MR) is 586 cm³/mol. The largest absolute Gasteiger partial charge is 0.312 e. The number of hydrogen-bond donors (Lipinski definition) is 0. The van der Waals surface area contributed by atoms with Crippen LogP contribution in [-0.4, -0.2) is 122 Å². The Kier molecular flexibility index (Phi) is 134. The van der Waals surface area contributed by atoms with Crippen LogP contribution in [0.5, 0.6) is 0 Å². The fourth-order valence-electron chi connectivity index (χ4n) is 24.8. The topological polar surface area (TPSA) is 19.4 Å². The molecule has 5 aliphatic carbocycles. The molecule has 3 saturated heterocycles. The second-order valence-corrected chi connectivity index (χ2v) is 36.7. The molecule has 126 heavy (non-hydrogen) atoms. The van der Waals surface area contributed by atoms with Crippen LogP contribution in [0.15, 0.2) is 22.3 Å². The maximum Gasteiger partial charge on any atom is 0.0455 e. The summed E-state index contributed by atoms with van der Waals surface area (Å²) in [6.07, 6.45) is 11.2. The summed E-state index contributed by atoms with van der Waals surface area (Å²) in [5, 5.41) is 0. The van der Waals surface area contributed by atoms with Crippen LogP contribution >= 0.6 is 0 Å². The third-order valence-electron chi connectivity index (χ3n) is 31.4. The van der Waals surface area contributed by atoms with Crippen LogP contribution < -0.4 is 0 Å². The molecule has 6 fully saturated rings. The third kappa shape index (κ3) is 31.9. The monoisotopic (exact) mass is 2250 g/mol. The van der Waals surface area contributed by atoms with Gasteiger partial charge < -0.3 is 29.4 Å². The fraction of sp³-hybridized carbons (Fsp3) is 0.939. The van der Waals surface area contributed by atoms with E-state index in [0.29, 0.717) is 18.5 Å². The first-order valence-electron chi connectivity index (χ1n) is 48.2. The first-order valence-corrected chi connectivity index (χ1v) is 48.2. The zero-order valence-corrected chi connectivity index (χ0v) is 112. The third-order valence-corrected chi connectivity index (χ3v) is 31.4. The second-order valence-electron chi connectivity index (χ2n) is 36.7. The van der Waals surface area contributed by atoms with Crippen LogP contribution in [0.3, 0.4) is 0 Å². The van der Waals surface area contributed by atoms with E-state index in [9.17, 15) is 0 Å². The quantitative estimate of drug-likeness (QED) is 0.177. The van der Waals surface area contributed by atoms with E-state index < -0.39 is 0 Å². The molecule has 8 rings (SSSR count). The Hall–Kier alpha value is 5.86. The van der Waals surface area contributed by atoms with Gasteiger partial charge in [0.05, 0.1) is 0 Å². The second kappa shape index (κ2) is 85.3. The van der Waals surface area contributed by atoms with Crippen LogP contribution in [0.2, 0.25) is 0 Å². The number of rotatable bonds is 8. The van der Waals surface area contributed by atoms with E-state index in [0.717, 1.165) is 19.6 Å². The molecule has 0 spiro atoms. The summed E-state index contributed by atoms with van der Waals surface area (Å²) < 4.78 is 0. The summed E-state index contributed by atoms with van der Waals surface area (Å²) in [4.78, 5) is 16.6. The van der Waals surface area contributed by atoms with E-state index in [-0.39, 0.29) is 350 Å². The number of allylic oxidation sites excluding steroid dienone is 1. The molecule has 0 aromatic heterocycles. The molecule has 3 heterocycles. The molecule has 6 nitrogen and oxygen atoms in total. The molecule has 0 N–H and O–H groups in total. The Labute approximate surface area is 968 Å². The van der Waals surface area contributed by atoms with Crippen molar-refractivity contribution in [2.45, 2.75) is 620 Å². The summed E-state index contributed by atoms with van der Waals surface area (Å²) in [7, 11) is 7.13. The van der Waals surface area contributed by atoms with Gasteiger partial charge in [0.2, 0.25) is 0 Å². The average Bonchev–Trinajstić information content (AvgIpc) is 1.41. The first kappa shape index (κ1) is 198. The van der Waals surface area contributed by atoms with Gasteiger partial charge in [0.15, 0.2) is 0 Å². The van der Waals surface area contributed by atoms with Crippen molar-refractivity contribution in [3.8, 4) is 0 Å². The molecule has 8 aliphatic rings. The van der Waals surface area contributed by atoms with Gasteiger partial charge in [-0.3, -0.25) is 17.8 Å². The molecule has 14 unspecified atom stereocenters. The summed E-state index contributed by atoms with van der Waals surface area (Å²) in [6.45, 7) is 151. The van der Waals surface area contributed by atoms with E-state index in [1.54, 1.807) is 22.3 Å². The molecule has 772 valence electrons. The van der Waals surface area contributed by atoms with E-state index in [1.807, 2.05) is 125 Å². The van der Waals surface area contributed by atoms with Gasteiger partial charge in [0.25, 0.3) is 0 Å². The van der Waals surface area contributed by atoms with Crippen molar-refractivity contribution < 1.29 is 196 Å². The summed E-state index contributed by atoms with van der Waals surface area (Å²) in [5.74, 6) is 4.54. The van der Waals surface area contributed by atoms with Crippen molar-refractivity contribution in [2.24, 2.45) is 54.1 Å². The van der Waals surface area contributed by atoms with Gasteiger partial charge in [-0.15, -0.1) is 0 Å². The van der Waals surface area contributed by atoms with Crippen molar-refractivity contribution in [1.82, 2.24) is 29.4 Å². The predicted octanol–water partition coefficient (Wildman–Crippen LogP) is 40.3. The molecular formula is C114H265N6Y6-3. The molecule has 3 aliphatic heterocycles. The summed E-state index contributed by atoms with van der Waals surface area (Å²) >= 11 is 0. The van der Waals surface area contributed by atoms with E-state index in [1.165, 1.54) is 69.1 Å². The molecule has 0 aromatic carbocycles. The zero-order valence-electron chi connectivity index (χ0n) is 95.2. The maximum atomic E-state index is 2.85. The number of likely N-dealkylation sites (N-methyl/N-ethyl adjacent to an activating group) is 6. The minimum Gasteiger partial charge on any atom is -0.312 e. The van der Waals surface area contributed by atoms with E-state index in [2.05, 4.69) is 376 Å². The van der Waals surface area contributed by atoms with Crippen LogP contribution in [-0.2, 0) is 196 Å². The molecule has 14 atom stereocenters. The molecule has 6 radical (unpaired) electrons. The van der Waals surface area contributed by atoms with Crippen LogP contribution in [0.25, 0.3) is 0 Å². The van der Waals surface area contributed by atoms with Crippen molar-refractivity contribution in [1.29, 1.82) is 0 Å². The zero-order chi connectivity index (χ0) is 93.0. The van der Waals surface area contributed by atoms with Gasteiger partial charge in [-0.05, 0) is 161 Å². The van der Waals surface area contributed by atoms with E-state index >= 15 is 0 Å². The average molecular weight is 2250 g/mol. The van der Waals surface area contributed by atoms with Gasteiger partial charge >= 0.3 is 0 Å². The SMILES string of the molecule is C.C.C.C.C.C.C.C.C.CC.CC.CC.CC.CC.CC.CC.CC.CC.CCC.CCC.CCC.CCC.CCC.CCC.CCN1C([C-](C)C)N(C)C(C)(CC)C1(C)C1(C)CC(C)(C)C(C)=C1C.CCN1C([C-](C)C)N(C)C2(C)C1(C)C1(C)C(C)(C)C(C)(C)C2(C)C1(C)C.CCN1C([C-](C)C)N(C)C2(C)C3(C)C(C)=C(C)C(C)(C3(C)C)C12C.[Y].[Y].[Y].[Y].[Y].[Y]. The van der Waals surface area contributed by atoms with Crippen molar-refractivity contribution in [3.05, 3.63) is 40.0 Å². The van der Waals surface area contributed by atoms with Crippen molar-refractivity contribution >= 4 is 0 Å². The minimum absolute atomic E-state index is 0. The van der Waals surface area contributed by atoms with Crippen molar-refractivity contribution in [3.63, 3.8) is 0 Å². The normalized spacial score (nSPS) is 30.3. The van der Waals surface area contributed by atoms with Gasteiger partial charge in [-0.25, -0.2) is 0 Å². The van der Waals surface area contributed by atoms with Gasteiger partial charge in [-0.1, -0.05) is 485 Å². The minimum atomic E-state index is 0. The smallest absolute Gasteiger partial charge is 0.0455 e. The number of fused-ring (bicyclic) bond motifs is 10. The summed E-state index contributed by atoms with van der Waals surface area (Å²) in [6, 6.07) is 0. The standard InChI is InChI=1S/C24H45N2.C23H43N2.C22H39N2.6C3H8.9C2H6.9CH4.6Y/c1-15-26-17(16(2)3)25(14)23(12)21(10)18(4,5)19(6,7)22(11,20(21,8)9)24(23,26)13;1-13-22(10)23(11,25(14-2)19(16(3)4)24(22)12)21(9)15-20(7,8)17(5)18(21)6;1-13-24-17(14(2)3)23(12)21(10)19(8)15(4)16(5)20(9,18(19,6)7)22(21,24)11;6*1-3-2;9*1-2;;;;;;;;;;;;;;;/h17H,15H2,1-14H3;19H,13-15H2,1-12H3;17H,13H2,1-12H3;6*3H2,1-2H3;9*1-2H3;9*1H4;;;;;;/q3*-1;;;;;;;;;;;;;;;;;;;;;;;;;;;;;;. The fourth-order valence-corrected chi connectivity index (χ4v) is 24.8. The molecule has 3 saturated carbocycles. The first-order chi connectivity index (χ1) is 50.9. The van der Waals surface area contributed by atoms with Crippen LogP contribution in [0.1, 0.15) is 568 Å². The van der Waals surface area contributed by atoms with Gasteiger partial charge in [-0.2, -0.15) is 41.5 Å². The Morgan fingerprint density at radius 3 is 0.643 bits per heavy atom. The summed E-state index contributed by atoms with van der Waals surface area (Å²) in [5.41, 5.74) is 9.29. The van der Waals surface area contributed by atoms with Crippen molar-refractivity contribution in [2.75, 3.05) is 40.8 Å². The number of nitrogens with zero attached hydrogens (tertiary/aromatic N) is 6. The Morgan fingerprint density at radius 2 is 0.444 bits per heavy atom. The van der Waals surface area contributed by atoms with Gasteiger partial charge in [0.1, 0.15) is 0 Å². The molecule has 12 heteroatoms. The number of hydrogen-bond acceptors (Lipinski definition) is 6. The Bertz CT molecular complexity index is 2440. The molecule has 0 aromatic rings. The molecular weight excluding hydrogens is 1990 g/mol. The Balaban J connectivity index is -0.0000000423. The van der Waals surface area contributed by atoms with E-state index in [4.69, 9.17) is 0 Å². The Morgan fingerprint density at radius 1 is 0.254 bits per heavy atom. The van der Waals surface area contributed by atoms with Crippen LogP contribution in [0, 0.1) is 71.9 Å². The maximum absolute atomic E-state index is 2.85.